The second-order valence-corrected chi connectivity index (χ2v) is 6.63. The van der Waals surface area contributed by atoms with Gasteiger partial charge in [-0.2, -0.15) is 0 Å². The van der Waals surface area contributed by atoms with Gasteiger partial charge in [0.15, 0.2) is 0 Å². The Hall–Kier alpha value is -4.31. The van der Waals surface area contributed by atoms with E-state index in [9.17, 15) is 30.1 Å². The highest BCUT2D eigenvalue weighted by atomic mass is 35.5. The number of phenolic OH excluding ortho intramolecular Hbond substituents is 1. The lowest BCUT2D eigenvalue weighted by atomic mass is 10.1. The van der Waals surface area contributed by atoms with E-state index in [0.29, 0.717) is 28.0 Å². The molecule has 0 heterocycles. The number of hydrogen-bond donors (Lipinski definition) is 2. The number of carbonyl (C=O) groups excluding carboxylic acids is 1. The topological polar surface area (TPSA) is 148 Å². The Balaban J connectivity index is 1.86. The normalized spacial score (nSPS) is 10.7. The fourth-order valence-electron chi connectivity index (χ4n) is 2.61. The fourth-order valence-corrected chi connectivity index (χ4v) is 2.80. The average Bonchev–Trinajstić information content (AvgIpc) is 2.73. The quantitative estimate of drug-likeness (QED) is 0.317. The van der Waals surface area contributed by atoms with Gasteiger partial charge in [0.05, 0.1) is 21.6 Å². The third kappa shape index (κ3) is 5.19. The van der Waals surface area contributed by atoms with E-state index in [2.05, 4.69) is 10.3 Å². The molecule has 31 heavy (non-hydrogen) atoms. The number of anilines is 1. The number of benzene rings is 3. The minimum Gasteiger partial charge on any atom is -0.502 e. The number of nitrogens with zero attached hydrogens (tertiary/aromatic N) is 3. The molecule has 0 atom stereocenters. The van der Waals surface area contributed by atoms with Gasteiger partial charge in [0.1, 0.15) is 0 Å². The summed E-state index contributed by atoms with van der Waals surface area (Å²) in [4.78, 5) is 36.7. The van der Waals surface area contributed by atoms with Crippen LogP contribution in [0.5, 0.6) is 5.75 Å². The molecule has 3 rings (SSSR count). The van der Waals surface area contributed by atoms with Crippen molar-refractivity contribution in [3.05, 3.63) is 97.0 Å². The largest absolute Gasteiger partial charge is 0.502 e. The van der Waals surface area contributed by atoms with Crippen LogP contribution in [0.15, 0.2) is 65.7 Å². The number of carbonyl (C=O) groups is 1. The number of non-ortho nitro benzene ring substituents is 1. The van der Waals surface area contributed by atoms with Crippen LogP contribution in [0.25, 0.3) is 0 Å². The standard InChI is InChI=1S/C20H13ClN4O6/c21-14-4-1-3-12(7-14)20(27)23-16-6-2-5-15(9-16)22-11-13-8-17(24(28)29)10-18(19(13)26)25(30)31/h1-11,26H,(H,23,27). The Morgan fingerprint density at radius 1 is 1.03 bits per heavy atom. The van der Waals surface area contributed by atoms with Crippen LogP contribution in [0.4, 0.5) is 22.7 Å². The Morgan fingerprint density at radius 2 is 1.77 bits per heavy atom. The molecule has 2 N–H and O–H groups in total. The lowest BCUT2D eigenvalue weighted by Crippen LogP contribution is -2.11. The average molecular weight is 441 g/mol. The smallest absolute Gasteiger partial charge is 0.318 e. The summed E-state index contributed by atoms with van der Waals surface area (Å²) in [6.07, 6.45) is 1.06. The first-order valence-corrected chi connectivity index (χ1v) is 8.99. The minimum absolute atomic E-state index is 0.200. The van der Waals surface area contributed by atoms with Crippen LogP contribution < -0.4 is 5.32 Å². The number of amides is 1. The van der Waals surface area contributed by atoms with E-state index in [0.717, 1.165) is 12.3 Å². The monoisotopic (exact) mass is 440 g/mol. The summed E-state index contributed by atoms with van der Waals surface area (Å²) in [6.45, 7) is 0. The van der Waals surface area contributed by atoms with E-state index < -0.39 is 32.9 Å². The van der Waals surface area contributed by atoms with Crippen molar-refractivity contribution >= 4 is 46.5 Å². The molecule has 0 aliphatic carbocycles. The van der Waals surface area contributed by atoms with E-state index in [1.807, 2.05) is 0 Å². The zero-order valence-electron chi connectivity index (χ0n) is 15.6. The Bertz CT molecular complexity index is 1230. The summed E-state index contributed by atoms with van der Waals surface area (Å²) in [5, 5.41) is 35.2. The van der Waals surface area contributed by atoms with Crippen molar-refractivity contribution in [1.29, 1.82) is 0 Å². The second-order valence-electron chi connectivity index (χ2n) is 6.19. The molecule has 0 saturated heterocycles. The molecule has 0 fully saturated rings. The van der Waals surface area contributed by atoms with Gasteiger partial charge >= 0.3 is 5.69 Å². The van der Waals surface area contributed by atoms with Crippen LogP contribution in [-0.4, -0.2) is 27.1 Å². The molecule has 3 aromatic rings. The van der Waals surface area contributed by atoms with Crippen LogP contribution >= 0.6 is 11.6 Å². The van der Waals surface area contributed by atoms with Gasteiger partial charge in [0.2, 0.25) is 5.75 Å². The van der Waals surface area contributed by atoms with Gasteiger partial charge in [-0.25, -0.2) is 0 Å². The lowest BCUT2D eigenvalue weighted by Gasteiger charge is -2.06. The number of halogens is 1. The van der Waals surface area contributed by atoms with Crippen molar-refractivity contribution in [3.8, 4) is 5.75 Å². The van der Waals surface area contributed by atoms with E-state index >= 15 is 0 Å². The molecule has 0 bridgehead atoms. The highest BCUT2D eigenvalue weighted by Crippen LogP contribution is 2.33. The van der Waals surface area contributed by atoms with Gasteiger partial charge in [0, 0.05) is 34.1 Å². The summed E-state index contributed by atoms with van der Waals surface area (Å²) in [7, 11) is 0. The SMILES string of the molecule is O=C(Nc1cccc(N=Cc2cc([N+](=O)[O-])cc([N+](=O)[O-])c2O)c1)c1cccc(Cl)c1. The van der Waals surface area contributed by atoms with E-state index in [1.165, 1.54) is 12.1 Å². The first kappa shape index (κ1) is 21.4. The van der Waals surface area contributed by atoms with Gasteiger partial charge in [0.25, 0.3) is 11.6 Å². The Kier molecular flexibility index (Phi) is 6.22. The van der Waals surface area contributed by atoms with Crippen LogP contribution in [0.1, 0.15) is 15.9 Å². The van der Waals surface area contributed by atoms with E-state index in [4.69, 9.17) is 11.6 Å². The van der Waals surface area contributed by atoms with E-state index in [-0.39, 0.29) is 5.56 Å². The van der Waals surface area contributed by atoms with Gasteiger partial charge in [-0.1, -0.05) is 23.7 Å². The van der Waals surface area contributed by atoms with Crippen LogP contribution in [0, 0.1) is 20.2 Å². The van der Waals surface area contributed by atoms with Gasteiger partial charge in [-0.3, -0.25) is 30.0 Å². The predicted molar refractivity (Wildman–Crippen MR) is 115 cm³/mol. The van der Waals surface area contributed by atoms with Gasteiger partial charge in [-0.05, 0) is 36.4 Å². The number of aromatic hydroxyl groups is 1. The molecule has 0 saturated carbocycles. The molecule has 156 valence electrons. The number of rotatable bonds is 6. The second kappa shape index (κ2) is 9.01. The predicted octanol–water partition coefficient (Wildman–Crippen LogP) is 4.86. The molecule has 0 aliphatic rings. The van der Waals surface area contributed by atoms with Gasteiger partial charge < -0.3 is 10.4 Å². The maximum absolute atomic E-state index is 12.3. The lowest BCUT2D eigenvalue weighted by molar-refractivity contribution is -0.394. The molecule has 0 spiro atoms. The molecule has 0 aliphatic heterocycles. The van der Waals surface area contributed by atoms with Gasteiger partial charge in [-0.15, -0.1) is 0 Å². The Labute approximate surface area is 179 Å². The highest BCUT2D eigenvalue weighted by molar-refractivity contribution is 6.31. The van der Waals surface area contributed by atoms with Crippen LogP contribution in [-0.2, 0) is 0 Å². The number of nitro groups is 2. The highest BCUT2D eigenvalue weighted by Gasteiger charge is 2.23. The maximum Gasteiger partial charge on any atom is 0.318 e. The molecular weight excluding hydrogens is 428 g/mol. The number of aliphatic imine (C=N–C) groups is 1. The summed E-state index contributed by atoms with van der Waals surface area (Å²) in [5.74, 6) is -1.14. The number of phenols is 1. The molecular formula is C20H13ClN4O6. The third-order valence-electron chi connectivity index (χ3n) is 4.06. The van der Waals surface area contributed by atoms with Crippen LogP contribution in [0.2, 0.25) is 5.02 Å². The number of hydrogen-bond acceptors (Lipinski definition) is 7. The van der Waals surface area contributed by atoms with E-state index in [1.54, 1.807) is 36.4 Å². The number of nitrogens with one attached hydrogen (secondary N) is 1. The molecule has 0 aromatic heterocycles. The van der Waals surface area contributed by atoms with Crippen LogP contribution in [0.3, 0.4) is 0 Å². The molecule has 3 aromatic carbocycles. The van der Waals surface area contributed by atoms with Crippen molar-refractivity contribution < 1.29 is 19.7 Å². The molecule has 0 radical (unpaired) electrons. The fraction of sp³-hybridized carbons (Fsp3) is 0. The van der Waals surface area contributed by atoms with Crippen molar-refractivity contribution in [2.75, 3.05) is 5.32 Å². The summed E-state index contributed by atoms with van der Waals surface area (Å²) < 4.78 is 0. The summed E-state index contributed by atoms with van der Waals surface area (Å²) in [5.41, 5.74) is -0.470. The van der Waals surface area contributed by atoms with Crippen molar-refractivity contribution in [2.24, 2.45) is 4.99 Å². The van der Waals surface area contributed by atoms with Crippen molar-refractivity contribution in [2.45, 2.75) is 0 Å². The zero-order chi connectivity index (χ0) is 22.5. The summed E-state index contributed by atoms with van der Waals surface area (Å²) in [6, 6.07) is 14.3. The third-order valence-corrected chi connectivity index (χ3v) is 4.29. The Morgan fingerprint density at radius 3 is 2.45 bits per heavy atom. The van der Waals surface area contributed by atoms with Crippen molar-refractivity contribution in [3.63, 3.8) is 0 Å². The minimum atomic E-state index is -0.925. The molecule has 0 unspecified atom stereocenters. The molecule has 11 heteroatoms. The molecule has 10 nitrogen and oxygen atoms in total. The molecule has 1 amide bonds. The maximum atomic E-state index is 12.3. The first-order chi connectivity index (χ1) is 14.7. The summed E-state index contributed by atoms with van der Waals surface area (Å²) >= 11 is 5.89. The van der Waals surface area contributed by atoms with Crippen molar-refractivity contribution in [1.82, 2.24) is 0 Å². The zero-order valence-corrected chi connectivity index (χ0v) is 16.3. The first-order valence-electron chi connectivity index (χ1n) is 8.61. The number of nitro benzene ring substituents is 2.